The Kier molecular flexibility index (Phi) is 5.39. The average Bonchev–Trinajstić information content (AvgIpc) is 3.52. The summed E-state index contributed by atoms with van der Waals surface area (Å²) in [4.78, 5) is 12.0. The lowest BCUT2D eigenvalue weighted by molar-refractivity contribution is -0.0605. The fraction of sp³-hybridized carbons (Fsp3) is 0.548. The van der Waals surface area contributed by atoms with Gasteiger partial charge in [0.1, 0.15) is 11.5 Å². The van der Waals surface area contributed by atoms with Gasteiger partial charge in [0.25, 0.3) is 0 Å². The Morgan fingerprint density at radius 2 is 1.34 bits per heavy atom. The van der Waals surface area contributed by atoms with Gasteiger partial charge in [-0.05, 0) is 79.7 Å². The number of para-hydroxylation sites is 2. The van der Waals surface area contributed by atoms with Crippen molar-refractivity contribution in [2.75, 3.05) is 0 Å². The third-order valence-electron chi connectivity index (χ3n) is 15.5. The van der Waals surface area contributed by atoms with Crippen LogP contribution < -0.4 is 10.2 Å². The van der Waals surface area contributed by atoms with Crippen LogP contribution in [0.5, 0.6) is 11.5 Å². The fourth-order valence-electron chi connectivity index (χ4n) is 14.4. The molecular formula is C42H46BN3O. The molecule has 12 rings (SSSR count). The normalized spacial score (nSPS) is 39.2. The summed E-state index contributed by atoms with van der Waals surface area (Å²) in [5.41, 5.74) is 5.87. The zero-order valence-electron chi connectivity index (χ0n) is 27.5. The topological polar surface area (TPSA) is 28.1 Å². The van der Waals surface area contributed by atoms with Crippen molar-refractivity contribution < 1.29 is 4.74 Å². The predicted octanol–water partition coefficient (Wildman–Crippen LogP) is 8.01. The van der Waals surface area contributed by atoms with Crippen molar-refractivity contribution >= 4 is 18.1 Å². The van der Waals surface area contributed by atoms with E-state index in [-0.39, 0.29) is 5.41 Å². The lowest BCUT2D eigenvalue weighted by atomic mass is 9.18. The number of fused-ring (bicyclic) bond motifs is 15. The molecule has 1 spiro atoms. The first-order valence-electron chi connectivity index (χ1n) is 19.4. The molecule has 5 heterocycles. The molecule has 5 heteroatoms. The maximum absolute atomic E-state index is 6.76. The summed E-state index contributed by atoms with van der Waals surface area (Å²) in [6.07, 6.45) is 16.5. The highest BCUT2D eigenvalue weighted by Gasteiger charge is 2.70. The number of rotatable bonds is 0. The molecule has 0 aromatic heterocycles. The average molecular weight is 620 g/mol. The maximum atomic E-state index is 6.76. The summed E-state index contributed by atoms with van der Waals surface area (Å²) in [6, 6.07) is 31.2. The maximum Gasteiger partial charge on any atom is 0.198 e. The number of hydrogen-bond acceptors (Lipinski definition) is 4. The summed E-state index contributed by atoms with van der Waals surface area (Å²) in [5.74, 6) is 7.19. The quantitative estimate of drug-likeness (QED) is 0.239. The van der Waals surface area contributed by atoms with Crippen LogP contribution >= 0.6 is 0 Å². The molecule has 3 aromatic carbocycles. The van der Waals surface area contributed by atoms with E-state index in [4.69, 9.17) is 9.73 Å². The van der Waals surface area contributed by atoms with Crippen molar-refractivity contribution in [3.05, 3.63) is 89.5 Å². The Morgan fingerprint density at radius 3 is 2.19 bits per heavy atom. The van der Waals surface area contributed by atoms with E-state index < -0.39 is 0 Å². The van der Waals surface area contributed by atoms with Crippen molar-refractivity contribution in [1.82, 2.24) is 9.80 Å². The number of nitrogens with zero attached hydrogens (tertiary/aromatic N) is 3. The minimum atomic E-state index is -0.194. The summed E-state index contributed by atoms with van der Waals surface area (Å²) < 4.78 is 6.76. The van der Waals surface area contributed by atoms with E-state index in [0.717, 1.165) is 35.2 Å². The number of ether oxygens (including phenoxy) is 1. The molecule has 0 N–H and O–H groups in total. The summed E-state index contributed by atoms with van der Waals surface area (Å²) in [7, 11) is 0. The molecule has 5 aliphatic heterocycles. The Labute approximate surface area is 280 Å². The van der Waals surface area contributed by atoms with E-state index in [1.165, 1.54) is 94.1 Å². The third kappa shape index (κ3) is 3.17. The van der Waals surface area contributed by atoms with Crippen LogP contribution in [-0.2, 0) is 5.41 Å². The first-order chi connectivity index (χ1) is 23.3. The van der Waals surface area contributed by atoms with Crippen LogP contribution in [0.4, 0.5) is 0 Å². The molecule has 4 nitrogen and oxygen atoms in total. The molecule has 6 fully saturated rings. The van der Waals surface area contributed by atoms with Gasteiger partial charge in [-0.3, -0.25) is 0 Å². The van der Waals surface area contributed by atoms with Crippen LogP contribution in [0.25, 0.3) is 0 Å². The highest BCUT2D eigenvalue weighted by atomic mass is 16.5. The van der Waals surface area contributed by atoms with Crippen LogP contribution in [0.1, 0.15) is 93.7 Å². The highest BCUT2D eigenvalue weighted by Crippen LogP contribution is 2.68. The number of benzene rings is 3. The fourth-order valence-corrected chi connectivity index (χ4v) is 14.4. The van der Waals surface area contributed by atoms with Gasteiger partial charge >= 0.3 is 0 Å². The molecule has 4 aliphatic carbocycles. The molecule has 10 atom stereocenters. The van der Waals surface area contributed by atoms with E-state index in [9.17, 15) is 0 Å². The van der Waals surface area contributed by atoms with E-state index in [0.29, 0.717) is 42.6 Å². The van der Waals surface area contributed by atoms with Gasteiger partial charge in [-0.25, -0.2) is 4.99 Å². The summed E-state index contributed by atoms with van der Waals surface area (Å²) >= 11 is 0. The van der Waals surface area contributed by atoms with Crippen molar-refractivity contribution in [1.29, 1.82) is 0 Å². The third-order valence-corrected chi connectivity index (χ3v) is 15.5. The van der Waals surface area contributed by atoms with Crippen molar-refractivity contribution in [2.24, 2.45) is 22.7 Å². The second-order valence-corrected chi connectivity index (χ2v) is 16.9. The van der Waals surface area contributed by atoms with E-state index in [1.54, 1.807) is 11.0 Å². The Bertz CT molecular complexity index is 1770. The molecular weight excluding hydrogens is 573 g/mol. The van der Waals surface area contributed by atoms with Crippen LogP contribution in [0.3, 0.4) is 0 Å². The van der Waals surface area contributed by atoms with Gasteiger partial charge in [0, 0.05) is 35.2 Å². The van der Waals surface area contributed by atoms with Crippen molar-refractivity contribution in [2.45, 2.75) is 124 Å². The van der Waals surface area contributed by atoms with Gasteiger partial charge in [-0.15, -0.1) is 0 Å². The largest absolute Gasteiger partial charge is 0.457 e. The number of guanidine groups is 1. The van der Waals surface area contributed by atoms with E-state index in [1.807, 2.05) is 0 Å². The smallest absolute Gasteiger partial charge is 0.198 e. The standard InChI is InChI=1S/C42H46BN3O/c1-4-16-30-26(12-1)42(27-13-2-7-21-36(27)47-37-22-8-3-14-28(37)42)29-15-10-20-35-39(29)43(30)31-24-23-25-11-9-19-34-38(25)40(31)46(35)41-44-32-17-5-6-18-33(32)45(34)41/h1-4,7-8,12-14,16,21-22,25,29,31-35,38-40H,5-6,9-11,15,17-20,23-24H2. The Morgan fingerprint density at radius 1 is 0.638 bits per heavy atom. The van der Waals surface area contributed by atoms with E-state index in [2.05, 4.69) is 82.6 Å². The summed E-state index contributed by atoms with van der Waals surface area (Å²) in [5, 5.41) is 0. The zero-order valence-corrected chi connectivity index (χ0v) is 27.5. The van der Waals surface area contributed by atoms with Gasteiger partial charge < -0.3 is 14.5 Å². The first kappa shape index (κ1) is 26.7. The Hall–Kier alpha value is -3.21. The van der Waals surface area contributed by atoms with Crippen LogP contribution in [0, 0.1) is 17.8 Å². The second kappa shape index (κ2) is 9.48. The first-order valence-corrected chi connectivity index (χ1v) is 19.4. The molecule has 10 unspecified atom stereocenters. The Balaban J connectivity index is 1.12. The minimum Gasteiger partial charge on any atom is -0.457 e. The molecule has 0 radical (unpaired) electrons. The van der Waals surface area contributed by atoms with Crippen LogP contribution in [0.15, 0.2) is 77.8 Å². The lowest BCUT2D eigenvalue weighted by Gasteiger charge is -2.70. The number of aliphatic imine (C=N–C) groups is 1. The summed E-state index contributed by atoms with van der Waals surface area (Å²) in [6.45, 7) is 0.634. The molecule has 9 aliphatic rings. The van der Waals surface area contributed by atoms with Crippen molar-refractivity contribution in [3.8, 4) is 11.5 Å². The SMILES string of the molecule is c1ccc2c(c1)Oc1ccccc1C21c2ccccc2B2C3CCC4CCCC5C4C3N(C3=NC4CCCCC4N35)C3CCCC1C23. The molecule has 0 amide bonds. The predicted molar refractivity (Wildman–Crippen MR) is 188 cm³/mol. The van der Waals surface area contributed by atoms with Crippen molar-refractivity contribution in [3.63, 3.8) is 0 Å². The van der Waals surface area contributed by atoms with Crippen LogP contribution in [0.2, 0.25) is 11.6 Å². The van der Waals surface area contributed by atoms with E-state index >= 15 is 0 Å². The molecule has 238 valence electrons. The molecule has 0 bridgehead atoms. The van der Waals surface area contributed by atoms with Gasteiger partial charge in [-0.2, -0.15) is 0 Å². The van der Waals surface area contributed by atoms with Gasteiger partial charge in [0.2, 0.25) is 0 Å². The highest BCUT2D eigenvalue weighted by molar-refractivity contribution is 6.77. The molecule has 47 heavy (non-hydrogen) atoms. The minimum absolute atomic E-state index is 0.194. The lowest BCUT2D eigenvalue weighted by Crippen LogP contribution is -2.78. The second-order valence-electron chi connectivity index (χ2n) is 16.9. The monoisotopic (exact) mass is 619 g/mol. The molecule has 4 saturated carbocycles. The van der Waals surface area contributed by atoms with Gasteiger partial charge in [0.05, 0.1) is 17.5 Å². The molecule has 3 aromatic rings. The van der Waals surface area contributed by atoms with Gasteiger partial charge in [-0.1, -0.05) is 105 Å². The van der Waals surface area contributed by atoms with Crippen LogP contribution in [-0.4, -0.2) is 52.7 Å². The number of hydrogen-bond donors (Lipinski definition) is 0. The molecule has 2 saturated heterocycles. The van der Waals surface area contributed by atoms with Gasteiger partial charge in [0.15, 0.2) is 12.7 Å². The zero-order chi connectivity index (χ0) is 30.4.